The van der Waals surface area contributed by atoms with Crippen LogP contribution >= 0.6 is 0 Å². The molecule has 1 atom stereocenters. The smallest absolute Gasteiger partial charge is 0.250 e. The maximum atomic E-state index is 11.3. The summed E-state index contributed by atoms with van der Waals surface area (Å²) >= 11 is 0. The first-order valence-electron chi connectivity index (χ1n) is 5.26. The van der Waals surface area contributed by atoms with Crippen LogP contribution in [0.5, 0.6) is 0 Å². The molecular weight excluding hydrogens is 204 g/mol. The Bertz CT molecular complexity index is 377. The molecule has 16 heavy (non-hydrogen) atoms. The molecule has 0 heterocycles. The van der Waals surface area contributed by atoms with Gasteiger partial charge >= 0.3 is 0 Å². The molecule has 4 N–H and O–H groups in total. The molecule has 0 aliphatic heterocycles. The van der Waals surface area contributed by atoms with Crippen molar-refractivity contribution in [3.05, 3.63) is 34.9 Å². The van der Waals surface area contributed by atoms with Gasteiger partial charge in [-0.05, 0) is 25.0 Å². The molecule has 1 amide bonds. The molecule has 1 aromatic carbocycles. The van der Waals surface area contributed by atoms with Crippen molar-refractivity contribution in [2.24, 2.45) is 5.73 Å². The van der Waals surface area contributed by atoms with Crippen molar-refractivity contribution < 1.29 is 9.90 Å². The number of nitrogens with one attached hydrogen (secondary N) is 1. The minimum absolute atomic E-state index is 0.0568. The summed E-state index contributed by atoms with van der Waals surface area (Å²) in [4.78, 5) is 11.3. The van der Waals surface area contributed by atoms with Crippen LogP contribution in [0.1, 0.15) is 16.7 Å². The van der Waals surface area contributed by atoms with Gasteiger partial charge in [0, 0.05) is 13.1 Å². The zero-order valence-corrected chi connectivity index (χ0v) is 9.66. The maximum Gasteiger partial charge on any atom is 0.250 e. The van der Waals surface area contributed by atoms with Crippen LogP contribution in [0.25, 0.3) is 0 Å². The molecule has 0 aliphatic rings. The van der Waals surface area contributed by atoms with Gasteiger partial charge in [0.25, 0.3) is 0 Å². The summed E-state index contributed by atoms with van der Waals surface area (Å²) in [6, 6.07) is 6.02. The van der Waals surface area contributed by atoms with E-state index in [4.69, 9.17) is 5.73 Å². The SMILES string of the molecule is Cc1ccc(CNC(=O)C(O)CN)c(C)c1. The first kappa shape index (κ1) is 12.7. The van der Waals surface area contributed by atoms with Gasteiger partial charge in [-0.25, -0.2) is 0 Å². The number of aryl methyl sites for hydroxylation is 2. The van der Waals surface area contributed by atoms with E-state index in [1.165, 1.54) is 5.56 Å². The second-order valence-corrected chi connectivity index (χ2v) is 3.90. The largest absolute Gasteiger partial charge is 0.382 e. The number of benzene rings is 1. The third-order valence-corrected chi connectivity index (χ3v) is 2.48. The van der Waals surface area contributed by atoms with Crippen molar-refractivity contribution in [3.63, 3.8) is 0 Å². The molecule has 0 bridgehead atoms. The van der Waals surface area contributed by atoms with Crippen LogP contribution in [0.4, 0.5) is 0 Å². The highest BCUT2D eigenvalue weighted by molar-refractivity contribution is 5.80. The summed E-state index contributed by atoms with van der Waals surface area (Å²) in [5.41, 5.74) is 8.54. The molecule has 1 rings (SSSR count). The van der Waals surface area contributed by atoms with E-state index in [9.17, 15) is 9.90 Å². The lowest BCUT2D eigenvalue weighted by Crippen LogP contribution is -2.38. The van der Waals surface area contributed by atoms with Crippen LogP contribution in [0.3, 0.4) is 0 Å². The number of rotatable bonds is 4. The van der Waals surface area contributed by atoms with E-state index in [0.717, 1.165) is 11.1 Å². The van der Waals surface area contributed by atoms with Gasteiger partial charge in [-0.2, -0.15) is 0 Å². The first-order chi connectivity index (χ1) is 7.54. The van der Waals surface area contributed by atoms with Crippen molar-refractivity contribution in [2.75, 3.05) is 6.54 Å². The highest BCUT2D eigenvalue weighted by Crippen LogP contribution is 2.09. The standard InChI is InChI=1S/C12H18N2O2/c1-8-3-4-10(9(2)5-8)7-14-12(16)11(15)6-13/h3-5,11,15H,6-7,13H2,1-2H3,(H,14,16). The van der Waals surface area contributed by atoms with Gasteiger partial charge in [-0.1, -0.05) is 23.8 Å². The molecule has 1 aromatic rings. The Hall–Kier alpha value is -1.39. The number of aliphatic hydroxyl groups is 1. The quantitative estimate of drug-likeness (QED) is 0.683. The highest BCUT2D eigenvalue weighted by atomic mass is 16.3. The summed E-state index contributed by atoms with van der Waals surface area (Å²) < 4.78 is 0. The zero-order valence-electron chi connectivity index (χ0n) is 9.66. The van der Waals surface area contributed by atoms with Crippen molar-refractivity contribution in [2.45, 2.75) is 26.5 Å². The normalized spacial score (nSPS) is 12.2. The van der Waals surface area contributed by atoms with Gasteiger partial charge in [-0.15, -0.1) is 0 Å². The third kappa shape index (κ3) is 3.32. The topological polar surface area (TPSA) is 75.3 Å². The van der Waals surface area contributed by atoms with Crippen molar-refractivity contribution in [1.29, 1.82) is 0 Å². The van der Waals surface area contributed by atoms with Crippen LogP contribution in [-0.4, -0.2) is 23.7 Å². The molecule has 0 aromatic heterocycles. The van der Waals surface area contributed by atoms with Crippen LogP contribution in [-0.2, 0) is 11.3 Å². The van der Waals surface area contributed by atoms with Gasteiger partial charge in [0.05, 0.1) is 0 Å². The third-order valence-electron chi connectivity index (χ3n) is 2.48. The summed E-state index contributed by atoms with van der Waals surface area (Å²) in [5.74, 6) is -0.428. The van der Waals surface area contributed by atoms with E-state index in [1.54, 1.807) is 0 Å². The maximum absolute atomic E-state index is 11.3. The number of carbonyl (C=O) groups is 1. The summed E-state index contributed by atoms with van der Waals surface area (Å²) in [5, 5.41) is 11.8. The van der Waals surface area contributed by atoms with Crippen LogP contribution in [0, 0.1) is 13.8 Å². The lowest BCUT2D eigenvalue weighted by Gasteiger charge is -2.11. The van der Waals surface area contributed by atoms with Crippen molar-refractivity contribution >= 4 is 5.91 Å². The Balaban J connectivity index is 2.58. The number of aliphatic hydroxyl groups excluding tert-OH is 1. The minimum atomic E-state index is -1.12. The Labute approximate surface area is 95.5 Å². The fraction of sp³-hybridized carbons (Fsp3) is 0.417. The Kier molecular flexibility index (Phi) is 4.46. The molecule has 88 valence electrons. The van der Waals surface area contributed by atoms with Crippen molar-refractivity contribution in [3.8, 4) is 0 Å². The number of amides is 1. The van der Waals surface area contributed by atoms with E-state index < -0.39 is 12.0 Å². The number of carbonyl (C=O) groups excluding carboxylic acids is 1. The van der Waals surface area contributed by atoms with Crippen LogP contribution in [0.15, 0.2) is 18.2 Å². The monoisotopic (exact) mass is 222 g/mol. The van der Waals surface area contributed by atoms with Crippen LogP contribution in [0.2, 0.25) is 0 Å². The Morgan fingerprint density at radius 2 is 2.19 bits per heavy atom. The molecule has 4 nitrogen and oxygen atoms in total. The van der Waals surface area contributed by atoms with E-state index >= 15 is 0 Å². The molecule has 0 aliphatic carbocycles. The van der Waals surface area contributed by atoms with E-state index in [0.29, 0.717) is 6.54 Å². The predicted molar refractivity (Wildman–Crippen MR) is 62.8 cm³/mol. The zero-order chi connectivity index (χ0) is 12.1. The number of hydrogen-bond donors (Lipinski definition) is 3. The van der Waals surface area contributed by atoms with E-state index in [-0.39, 0.29) is 6.54 Å². The van der Waals surface area contributed by atoms with Gasteiger partial charge < -0.3 is 16.2 Å². The van der Waals surface area contributed by atoms with Gasteiger partial charge in [0.1, 0.15) is 6.10 Å². The molecule has 0 fully saturated rings. The Morgan fingerprint density at radius 1 is 1.50 bits per heavy atom. The second-order valence-electron chi connectivity index (χ2n) is 3.90. The summed E-state index contributed by atoms with van der Waals surface area (Å²) in [6.45, 7) is 4.38. The second kappa shape index (κ2) is 5.63. The predicted octanol–water partition coefficient (Wildman–Crippen LogP) is 0.239. The fourth-order valence-electron chi connectivity index (χ4n) is 1.45. The van der Waals surface area contributed by atoms with Gasteiger partial charge in [0.2, 0.25) is 5.91 Å². The van der Waals surface area contributed by atoms with Gasteiger partial charge in [-0.3, -0.25) is 4.79 Å². The molecule has 0 saturated carbocycles. The van der Waals surface area contributed by atoms with Crippen LogP contribution < -0.4 is 11.1 Å². The lowest BCUT2D eigenvalue weighted by molar-refractivity contribution is -0.128. The fourth-order valence-corrected chi connectivity index (χ4v) is 1.45. The Morgan fingerprint density at radius 3 is 2.75 bits per heavy atom. The number of nitrogens with two attached hydrogens (primary N) is 1. The molecule has 1 unspecified atom stereocenters. The molecule has 4 heteroatoms. The lowest BCUT2D eigenvalue weighted by atomic mass is 10.1. The van der Waals surface area contributed by atoms with E-state index in [2.05, 4.69) is 11.4 Å². The average Bonchev–Trinajstić information content (AvgIpc) is 2.26. The molecule has 0 saturated heterocycles. The van der Waals surface area contributed by atoms with Gasteiger partial charge in [0.15, 0.2) is 0 Å². The summed E-state index contributed by atoms with van der Waals surface area (Å²) in [6.07, 6.45) is -1.12. The van der Waals surface area contributed by atoms with E-state index in [1.807, 2.05) is 26.0 Å². The average molecular weight is 222 g/mol. The minimum Gasteiger partial charge on any atom is -0.382 e. The number of hydrogen-bond acceptors (Lipinski definition) is 3. The highest BCUT2D eigenvalue weighted by Gasteiger charge is 2.12. The molecular formula is C12H18N2O2. The summed E-state index contributed by atoms with van der Waals surface area (Å²) in [7, 11) is 0. The first-order valence-corrected chi connectivity index (χ1v) is 5.26. The molecule has 0 radical (unpaired) electrons. The van der Waals surface area contributed by atoms with Crippen molar-refractivity contribution in [1.82, 2.24) is 5.32 Å². The molecule has 0 spiro atoms.